The summed E-state index contributed by atoms with van der Waals surface area (Å²) in [6, 6.07) is 48.1. The van der Waals surface area contributed by atoms with Crippen molar-refractivity contribution < 1.29 is 34.4 Å². The van der Waals surface area contributed by atoms with Crippen molar-refractivity contribution in [2.45, 2.75) is 66.6 Å². The minimum absolute atomic E-state index is 0. The number of aromatic nitrogens is 4. The molecule has 0 amide bonds. The fourth-order valence-corrected chi connectivity index (χ4v) is 10.0. The Morgan fingerprint density at radius 3 is 2.29 bits per heavy atom. The van der Waals surface area contributed by atoms with Crippen molar-refractivity contribution in [3.05, 3.63) is 179 Å². The molecule has 5 nitrogen and oxygen atoms in total. The number of halogens is 1. The van der Waals surface area contributed by atoms with E-state index >= 15 is 0 Å². The van der Waals surface area contributed by atoms with Gasteiger partial charge in [-0.3, -0.25) is 9.37 Å². The van der Waals surface area contributed by atoms with Gasteiger partial charge in [-0.1, -0.05) is 147 Å². The summed E-state index contributed by atoms with van der Waals surface area (Å²) in [5.74, 6) is -0.682. The molecule has 0 unspecified atom stereocenters. The molecule has 6 aromatic carbocycles. The van der Waals surface area contributed by atoms with Gasteiger partial charge in [-0.15, -0.1) is 42.0 Å². The van der Waals surface area contributed by atoms with E-state index in [2.05, 4.69) is 158 Å². The van der Waals surface area contributed by atoms with Crippen molar-refractivity contribution in [2.24, 2.45) is 0 Å². The molecule has 1 radical (unpaired) electrons. The summed E-state index contributed by atoms with van der Waals surface area (Å²) in [5.41, 5.74) is 11.2. The number of aryl methyl sites for hydroxylation is 3. The Bertz CT molecular complexity index is 3440. The largest absolute Gasteiger partial charge is 0.486 e. The molecule has 0 aliphatic carbocycles. The van der Waals surface area contributed by atoms with E-state index < -0.39 is 26.6 Å². The number of fused-ring (bicyclic) bond motifs is 6. The molecule has 4 heterocycles. The van der Waals surface area contributed by atoms with Gasteiger partial charge in [0, 0.05) is 60.5 Å². The fourth-order valence-electron chi connectivity index (χ4n) is 8.42. The number of rotatable bonds is 7. The predicted octanol–water partition coefficient (Wildman–Crippen LogP) is 13.9. The average molecular weight is 1030 g/mol. The van der Waals surface area contributed by atoms with E-state index in [9.17, 15) is 4.39 Å². The van der Waals surface area contributed by atoms with Crippen LogP contribution in [0.3, 0.4) is 0 Å². The molecule has 0 bridgehead atoms. The predicted molar refractivity (Wildman–Crippen MR) is 257 cm³/mol. The van der Waals surface area contributed by atoms with Crippen LogP contribution in [0.2, 0.25) is 19.6 Å². The third-order valence-electron chi connectivity index (χ3n) is 11.5. The first-order valence-electron chi connectivity index (χ1n) is 22.8. The van der Waals surface area contributed by atoms with Crippen molar-refractivity contribution in [2.75, 3.05) is 0 Å². The first kappa shape index (κ1) is 38.6. The first-order chi connectivity index (χ1) is 31.4. The number of furan rings is 1. The van der Waals surface area contributed by atoms with Crippen LogP contribution in [0.15, 0.2) is 138 Å². The Hall–Kier alpha value is -6.05. The number of pyridine rings is 2. The zero-order chi connectivity index (χ0) is 46.7. The van der Waals surface area contributed by atoms with Gasteiger partial charge >= 0.3 is 0 Å². The van der Waals surface area contributed by atoms with Gasteiger partial charge in [0.1, 0.15) is 0 Å². The van der Waals surface area contributed by atoms with E-state index in [1.807, 2.05) is 6.07 Å². The molecule has 0 aliphatic heterocycles. The van der Waals surface area contributed by atoms with Crippen LogP contribution in [-0.2, 0) is 26.7 Å². The monoisotopic (exact) mass is 1030 g/mol. The molecule has 0 aliphatic rings. The SMILES string of the molecule is Cc1cccc(C)c1-c1ccc2c(n1)oc1c(-c3nc4ccc5ccccc5c4n3Cc3ccccc3)[c-]ccc12.[2H]C([2H])([2H])c1c[c-]c(-c2cc(C([2H])(C)C)c([Si](C)(C)C)cn2)c(F)c1.[Ir]. The topological polar surface area (TPSA) is 56.7 Å². The van der Waals surface area contributed by atoms with Gasteiger partial charge in [0.25, 0.3) is 0 Å². The number of benzene rings is 6. The molecule has 10 rings (SSSR count). The van der Waals surface area contributed by atoms with Crippen LogP contribution in [0, 0.1) is 38.6 Å². The van der Waals surface area contributed by atoms with Crippen LogP contribution in [0.4, 0.5) is 4.39 Å². The van der Waals surface area contributed by atoms with Crippen LogP contribution >= 0.6 is 0 Å². The zero-order valence-corrected chi connectivity index (χ0v) is 39.7. The summed E-state index contributed by atoms with van der Waals surface area (Å²) in [6.45, 7) is 12.7. The molecule has 63 heavy (non-hydrogen) atoms. The first-order valence-corrected chi connectivity index (χ1v) is 24.3. The quantitative estimate of drug-likeness (QED) is 0.118. The van der Waals surface area contributed by atoms with Crippen molar-refractivity contribution in [1.82, 2.24) is 19.5 Å². The van der Waals surface area contributed by atoms with Crippen molar-refractivity contribution >= 4 is 57.1 Å². The maximum atomic E-state index is 14.5. The Balaban J connectivity index is 0.000000203. The van der Waals surface area contributed by atoms with Crippen molar-refractivity contribution in [1.29, 1.82) is 0 Å². The van der Waals surface area contributed by atoms with Crippen LogP contribution in [0.5, 0.6) is 0 Å². The van der Waals surface area contributed by atoms with E-state index in [1.54, 1.807) is 26.1 Å². The average Bonchev–Trinajstić information content (AvgIpc) is 3.84. The second-order valence-corrected chi connectivity index (χ2v) is 22.2. The number of imidazole rings is 1. The van der Waals surface area contributed by atoms with Gasteiger partial charge in [0.2, 0.25) is 5.71 Å². The second kappa shape index (κ2) is 17.6. The van der Waals surface area contributed by atoms with Crippen LogP contribution in [0.1, 0.15) is 53.0 Å². The number of hydrogen-bond acceptors (Lipinski definition) is 4. The van der Waals surface area contributed by atoms with Crippen molar-refractivity contribution in [3.8, 4) is 33.9 Å². The molecule has 317 valence electrons. The minimum atomic E-state index is -2.38. The molecule has 8 heteroatoms. The molecular weight excluding hydrogens is 972 g/mol. The maximum absolute atomic E-state index is 14.5. The Labute approximate surface area is 389 Å². The smallest absolute Gasteiger partial charge is 0.216 e. The zero-order valence-electron chi connectivity index (χ0n) is 40.3. The molecule has 4 aromatic heterocycles. The van der Waals surface area contributed by atoms with Gasteiger partial charge in [0.05, 0.1) is 36.2 Å². The summed E-state index contributed by atoms with van der Waals surface area (Å²) in [6.07, 6.45) is 1.73. The summed E-state index contributed by atoms with van der Waals surface area (Å²) in [5, 5.41) is 5.43. The molecule has 10 aromatic rings. The van der Waals surface area contributed by atoms with Crippen LogP contribution in [0.25, 0.3) is 77.8 Å². The number of nitrogens with zero attached hydrogens (tertiary/aromatic N) is 4. The summed E-state index contributed by atoms with van der Waals surface area (Å²) in [7, 11) is -1.72. The molecule has 0 spiro atoms. The van der Waals surface area contributed by atoms with Crippen LogP contribution < -0.4 is 5.19 Å². The van der Waals surface area contributed by atoms with E-state index in [0.717, 1.165) is 66.9 Å². The second-order valence-electron chi connectivity index (χ2n) is 17.2. The van der Waals surface area contributed by atoms with Gasteiger partial charge in [-0.25, -0.2) is 4.98 Å². The van der Waals surface area contributed by atoms with Crippen LogP contribution in [-0.4, -0.2) is 27.6 Å². The molecular formula is C55H49FIrN4OSi-2. The molecule has 0 saturated heterocycles. The van der Waals surface area contributed by atoms with Gasteiger partial charge in [-0.05, 0) is 70.9 Å². The molecule has 0 fully saturated rings. The Morgan fingerprint density at radius 1 is 0.794 bits per heavy atom. The normalized spacial score (nSPS) is 13.0. The van der Waals surface area contributed by atoms with Gasteiger partial charge < -0.3 is 14.0 Å². The van der Waals surface area contributed by atoms with E-state index in [0.29, 0.717) is 18.0 Å². The van der Waals surface area contributed by atoms with Crippen molar-refractivity contribution in [3.63, 3.8) is 0 Å². The fraction of sp³-hybridized carbons (Fsp3) is 0.182. The summed E-state index contributed by atoms with van der Waals surface area (Å²) in [4.78, 5) is 14.6. The molecule has 0 atom stereocenters. The third kappa shape index (κ3) is 8.43. The number of hydrogen-bond donors (Lipinski definition) is 0. The Morgan fingerprint density at radius 2 is 1.56 bits per heavy atom. The summed E-state index contributed by atoms with van der Waals surface area (Å²) < 4.78 is 53.9. The van der Waals surface area contributed by atoms with E-state index in [-0.39, 0.29) is 31.2 Å². The molecule has 0 saturated carbocycles. The Kier molecular flexibility index (Phi) is 10.8. The van der Waals surface area contributed by atoms with E-state index in [4.69, 9.17) is 19.9 Å². The maximum Gasteiger partial charge on any atom is 0.216 e. The summed E-state index contributed by atoms with van der Waals surface area (Å²) >= 11 is 0. The molecule has 0 N–H and O–H groups in total. The third-order valence-corrected chi connectivity index (χ3v) is 13.5. The van der Waals surface area contributed by atoms with E-state index in [1.165, 1.54) is 33.5 Å². The van der Waals surface area contributed by atoms with Gasteiger partial charge in [0.15, 0.2) is 0 Å². The minimum Gasteiger partial charge on any atom is -0.486 e. The van der Waals surface area contributed by atoms with Gasteiger partial charge in [-0.2, -0.15) is 0 Å². The standard InChI is InChI=1S/C37H26N3O.C18H23FNSi.Ir/c1-23-10-8-11-24(2)33(23)31-21-19-29-28-16-9-17-30(35(28)41-37(29)39-31)36-38-32-20-18-26-14-6-7-15-27(26)34(32)40(36)22-25-12-4-3-5-13-25;1-12(2)15-10-17(20-11-18(15)21(4,5)6)14-8-7-13(3)9-16(14)19;/h3-16,18-21H,22H2,1-2H3;7,9-12H,1-6H3;/q2*-1;/i;3D3,12D;.